The summed E-state index contributed by atoms with van der Waals surface area (Å²) in [6.45, 7) is -0.0389. The van der Waals surface area contributed by atoms with Crippen LogP contribution in [0, 0.1) is 5.41 Å². The number of nitrogen functional groups attached to an aromatic ring is 1. The van der Waals surface area contributed by atoms with Crippen LogP contribution in [0.3, 0.4) is 0 Å². The molecule has 1 aromatic heterocycles. The normalized spacial score (nSPS) is 11.4. The van der Waals surface area contributed by atoms with Crippen molar-refractivity contribution < 1.29 is 36.6 Å². The maximum absolute atomic E-state index is 13.2. The Morgan fingerprint density at radius 1 is 1.12 bits per heavy atom. The van der Waals surface area contributed by atoms with Crippen molar-refractivity contribution in [3.05, 3.63) is 65.0 Å². The Labute approximate surface area is 201 Å². The standard InChI is InChI=1S/C19H18N2O3S3.C2HF3O2/c1-25-19-17(10-16(26-19)18(20)21)27(23,24)15-4-2-3-14(9-15)13-7-5-12(11-22)6-8-13;3-2(4,5)1(6)7/h2-10,22H,11H2,1H3,(H3,20,21);(H,6,7). The van der Waals surface area contributed by atoms with Gasteiger partial charge in [-0.05, 0) is 41.1 Å². The number of carboxylic acids is 1. The lowest BCUT2D eigenvalue weighted by Gasteiger charge is -2.08. The first-order chi connectivity index (χ1) is 15.8. The third-order valence-electron chi connectivity index (χ3n) is 4.26. The van der Waals surface area contributed by atoms with E-state index in [2.05, 4.69) is 0 Å². The fraction of sp³-hybridized carbons (Fsp3) is 0.143. The second-order valence-electron chi connectivity index (χ2n) is 6.57. The maximum atomic E-state index is 13.2. The molecule has 7 nitrogen and oxygen atoms in total. The maximum Gasteiger partial charge on any atom is 0.490 e. The van der Waals surface area contributed by atoms with Crippen molar-refractivity contribution in [1.29, 1.82) is 5.41 Å². The van der Waals surface area contributed by atoms with Crippen molar-refractivity contribution in [3.8, 4) is 11.1 Å². The molecule has 34 heavy (non-hydrogen) atoms. The van der Waals surface area contributed by atoms with Gasteiger partial charge in [-0.1, -0.05) is 36.4 Å². The van der Waals surface area contributed by atoms with E-state index in [0.29, 0.717) is 9.09 Å². The average Bonchev–Trinajstić information content (AvgIpc) is 3.25. The number of thiophene rings is 1. The SMILES string of the molecule is CSc1sc(C(=N)N)cc1S(=O)(=O)c1cccc(-c2ccc(CO)cc2)c1.O=C(O)C(F)(F)F. The molecule has 0 radical (unpaired) electrons. The number of sulfone groups is 1. The van der Waals surface area contributed by atoms with Crippen LogP contribution >= 0.6 is 23.1 Å². The third-order valence-corrected chi connectivity index (χ3v) is 8.60. The zero-order valence-corrected chi connectivity index (χ0v) is 19.9. The van der Waals surface area contributed by atoms with Crippen LogP contribution in [0.4, 0.5) is 13.2 Å². The Morgan fingerprint density at radius 2 is 1.71 bits per heavy atom. The summed E-state index contributed by atoms with van der Waals surface area (Å²) in [6.07, 6.45) is -3.28. The van der Waals surface area contributed by atoms with Gasteiger partial charge >= 0.3 is 12.1 Å². The molecule has 0 aliphatic rings. The van der Waals surface area contributed by atoms with Gasteiger partial charge in [-0.25, -0.2) is 13.2 Å². The number of halogens is 3. The van der Waals surface area contributed by atoms with Crippen LogP contribution in [0.15, 0.2) is 68.6 Å². The van der Waals surface area contributed by atoms with E-state index in [1.807, 2.05) is 18.2 Å². The Morgan fingerprint density at radius 3 is 2.18 bits per heavy atom. The number of thioether (sulfide) groups is 1. The molecule has 0 amide bonds. The lowest BCUT2D eigenvalue weighted by Crippen LogP contribution is -2.21. The van der Waals surface area contributed by atoms with E-state index in [0.717, 1.165) is 16.7 Å². The molecule has 0 saturated carbocycles. The van der Waals surface area contributed by atoms with E-state index in [4.69, 9.17) is 26.2 Å². The zero-order chi connectivity index (χ0) is 25.7. The predicted octanol–water partition coefficient (Wildman–Crippen LogP) is 4.38. The second-order valence-corrected chi connectivity index (χ2v) is 10.6. The van der Waals surface area contributed by atoms with Gasteiger partial charge in [0.05, 0.1) is 25.5 Å². The van der Waals surface area contributed by atoms with Crippen LogP contribution < -0.4 is 5.73 Å². The summed E-state index contributed by atoms with van der Waals surface area (Å²) in [5.41, 5.74) is 7.96. The molecule has 3 rings (SSSR count). The van der Waals surface area contributed by atoms with Gasteiger partial charge in [-0.2, -0.15) is 13.2 Å². The number of alkyl halides is 3. The van der Waals surface area contributed by atoms with Crippen molar-refractivity contribution in [1.82, 2.24) is 0 Å². The van der Waals surface area contributed by atoms with Crippen molar-refractivity contribution in [3.63, 3.8) is 0 Å². The van der Waals surface area contributed by atoms with Crippen molar-refractivity contribution in [2.24, 2.45) is 5.73 Å². The van der Waals surface area contributed by atoms with Crippen LogP contribution in [-0.2, 0) is 21.2 Å². The lowest BCUT2D eigenvalue weighted by atomic mass is 10.0. The largest absolute Gasteiger partial charge is 0.490 e. The van der Waals surface area contributed by atoms with Gasteiger partial charge in [0.25, 0.3) is 0 Å². The molecule has 182 valence electrons. The molecule has 5 N–H and O–H groups in total. The molecule has 2 aromatic carbocycles. The van der Waals surface area contributed by atoms with Gasteiger partial charge in [-0.15, -0.1) is 23.1 Å². The van der Waals surface area contributed by atoms with Gasteiger partial charge in [0.2, 0.25) is 9.84 Å². The second kappa shape index (κ2) is 11.0. The highest BCUT2D eigenvalue weighted by Crippen LogP contribution is 2.37. The zero-order valence-electron chi connectivity index (χ0n) is 17.5. The number of aliphatic hydroxyl groups is 1. The number of hydrogen-bond donors (Lipinski definition) is 4. The van der Waals surface area contributed by atoms with Crippen LogP contribution in [0.25, 0.3) is 11.1 Å². The summed E-state index contributed by atoms with van der Waals surface area (Å²) in [5, 5.41) is 23.9. The summed E-state index contributed by atoms with van der Waals surface area (Å²) in [5.74, 6) is -2.90. The van der Waals surface area contributed by atoms with Gasteiger partial charge in [-0.3, -0.25) is 5.41 Å². The highest BCUT2D eigenvalue weighted by molar-refractivity contribution is 8.01. The molecule has 0 spiro atoms. The van der Waals surface area contributed by atoms with E-state index >= 15 is 0 Å². The van der Waals surface area contributed by atoms with Crippen LogP contribution in [0.1, 0.15) is 10.4 Å². The van der Waals surface area contributed by atoms with Crippen LogP contribution in [-0.4, -0.2) is 42.9 Å². The smallest absolute Gasteiger partial charge is 0.475 e. The Hall–Kier alpha value is -2.87. The fourth-order valence-electron chi connectivity index (χ4n) is 2.59. The number of aliphatic hydroxyl groups excluding tert-OH is 1. The Balaban J connectivity index is 0.000000509. The first-order valence-corrected chi connectivity index (χ1v) is 12.7. The molecule has 3 aromatic rings. The number of rotatable bonds is 6. The first-order valence-electron chi connectivity index (χ1n) is 9.19. The minimum absolute atomic E-state index is 0.0389. The number of aliphatic carboxylic acids is 1. The first kappa shape index (κ1) is 27.4. The molecule has 1 heterocycles. The van der Waals surface area contributed by atoms with E-state index < -0.39 is 22.0 Å². The summed E-state index contributed by atoms with van der Waals surface area (Å²) in [7, 11) is -3.74. The number of hydrogen-bond acceptors (Lipinski definition) is 7. The van der Waals surface area contributed by atoms with Gasteiger partial charge in [0, 0.05) is 0 Å². The summed E-state index contributed by atoms with van der Waals surface area (Å²) >= 11 is 2.53. The van der Waals surface area contributed by atoms with Crippen molar-refractivity contribution in [2.45, 2.75) is 26.8 Å². The highest BCUT2D eigenvalue weighted by atomic mass is 32.2. The number of carbonyl (C=O) groups is 1. The average molecular weight is 533 g/mol. The molecule has 0 atom stereocenters. The highest BCUT2D eigenvalue weighted by Gasteiger charge is 2.38. The summed E-state index contributed by atoms with van der Waals surface area (Å²) < 4.78 is 58.7. The minimum atomic E-state index is -5.08. The van der Waals surface area contributed by atoms with Crippen molar-refractivity contribution in [2.75, 3.05) is 6.26 Å². The van der Waals surface area contributed by atoms with E-state index in [-0.39, 0.29) is 22.2 Å². The summed E-state index contributed by atoms with van der Waals surface area (Å²) in [4.78, 5) is 9.70. The van der Waals surface area contributed by atoms with Crippen LogP contribution in [0.2, 0.25) is 0 Å². The van der Waals surface area contributed by atoms with Gasteiger partial charge in [0.15, 0.2) is 0 Å². The molecule has 0 fully saturated rings. The van der Waals surface area contributed by atoms with E-state index in [1.165, 1.54) is 29.2 Å². The monoisotopic (exact) mass is 532 g/mol. The number of carboxylic acid groups (broad SMARTS) is 1. The molecular weight excluding hydrogens is 513 g/mol. The van der Waals surface area contributed by atoms with Crippen LogP contribution in [0.5, 0.6) is 0 Å². The van der Waals surface area contributed by atoms with Crippen molar-refractivity contribution >= 4 is 44.7 Å². The van der Waals surface area contributed by atoms with Gasteiger partial charge in [0.1, 0.15) is 5.84 Å². The number of benzene rings is 2. The fourth-order valence-corrected chi connectivity index (χ4v) is 6.50. The quantitative estimate of drug-likeness (QED) is 0.210. The molecule has 0 bridgehead atoms. The van der Waals surface area contributed by atoms with E-state index in [1.54, 1.807) is 36.6 Å². The number of nitrogens with two attached hydrogens (primary N) is 1. The molecule has 0 aliphatic heterocycles. The molecule has 0 saturated heterocycles. The minimum Gasteiger partial charge on any atom is -0.475 e. The number of nitrogens with one attached hydrogen (secondary N) is 1. The molecule has 0 aliphatic carbocycles. The lowest BCUT2D eigenvalue weighted by molar-refractivity contribution is -0.192. The molecule has 13 heteroatoms. The Bertz CT molecular complexity index is 1290. The molecular formula is C21H19F3N2O5S3. The van der Waals surface area contributed by atoms with Gasteiger partial charge < -0.3 is 15.9 Å². The van der Waals surface area contributed by atoms with E-state index in [9.17, 15) is 21.6 Å². The topological polar surface area (TPSA) is 142 Å². The summed E-state index contributed by atoms with van der Waals surface area (Å²) in [6, 6.07) is 15.5. The number of amidine groups is 1. The third kappa shape index (κ3) is 6.59. The predicted molar refractivity (Wildman–Crippen MR) is 124 cm³/mol. The Kier molecular flexibility index (Phi) is 8.89. The molecule has 0 unspecified atom stereocenters.